The summed E-state index contributed by atoms with van der Waals surface area (Å²) in [4.78, 5) is 13.2. The van der Waals surface area contributed by atoms with Crippen LogP contribution in [0, 0.1) is 6.92 Å². The Labute approximate surface area is 191 Å². The number of nitrogens with one attached hydrogen (secondary N) is 1. The first kappa shape index (κ1) is 20.4. The van der Waals surface area contributed by atoms with Crippen LogP contribution in [0.1, 0.15) is 21.1 Å². The third-order valence-corrected chi connectivity index (χ3v) is 6.84. The lowest BCUT2D eigenvalue weighted by atomic mass is 10.1. The van der Waals surface area contributed by atoms with Gasteiger partial charge in [0.15, 0.2) is 15.9 Å². The van der Waals surface area contributed by atoms with Crippen LogP contribution in [0.2, 0.25) is 0 Å². The molecule has 3 aromatic heterocycles. The summed E-state index contributed by atoms with van der Waals surface area (Å²) >= 11 is 3.07. The van der Waals surface area contributed by atoms with E-state index in [2.05, 4.69) is 25.7 Å². The van der Waals surface area contributed by atoms with Gasteiger partial charge in [0.1, 0.15) is 16.9 Å². The second-order valence-electron chi connectivity index (χ2n) is 7.08. The van der Waals surface area contributed by atoms with Crippen molar-refractivity contribution in [2.75, 3.05) is 5.32 Å². The number of anilines is 1. The van der Waals surface area contributed by atoms with E-state index in [0.717, 1.165) is 25.9 Å². The standard InChI is InChI=1S/C22H18N6O2S2/c1-13-25-27-22(32-13)31-11-17-16-8-3-4-9-18(16)30-19(17)21(29)24-15-7-5-6-14(10-15)20-26-23-12-28(20)2/h3-10,12H,11H2,1-2H3,(H,24,29). The van der Waals surface area contributed by atoms with Crippen molar-refractivity contribution in [1.82, 2.24) is 25.0 Å². The van der Waals surface area contributed by atoms with Gasteiger partial charge in [0.2, 0.25) is 0 Å². The van der Waals surface area contributed by atoms with E-state index in [0.29, 0.717) is 28.6 Å². The zero-order chi connectivity index (χ0) is 22.1. The lowest BCUT2D eigenvalue weighted by Crippen LogP contribution is -2.13. The summed E-state index contributed by atoms with van der Waals surface area (Å²) in [6.07, 6.45) is 1.64. The molecule has 0 spiro atoms. The Morgan fingerprint density at radius 1 is 1.16 bits per heavy atom. The average molecular weight is 463 g/mol. The number of nitrogens with zero attached hydrogens (tertiary/aromatic N) is 5. The Morgan fingerprint density at radius 2 is 2.03 bits per heavy atom. The lowest BCUT2D eigenvalue weighted by molar-refractivity contribution is 0.0998. The van der Waals surface area contributed by atoms with Crippen LogP contribution in [0.15, 0.2) is 63.6 Å². The maximum absolute atomic E-state index is 13.2. The van der Waals surface area contributed by atoms with Crippen LogP contribution in [-0.2, 0) is 12.8 Å². The first-order valence-electron chi connectivity index (χ1n) is 9.77. The van der Waals surface area contributed by atoms with Crippen molar-refractivity contribution in [3.05, 3.63) is 71.2 Å². The molecule has 0 unspecified atom stereocenters. The molecule has 0 saturated heterocycles. The van der Waals surface area contributed by atoms with Gasteiger partial charge in [0, 0.05) is 35.0 Å². The van der Waals surface area contributed by atoms with Crippen molar-refractivity contribution in [3.63, 3.8) is 0 Å². The number of para-hydroxylation sites is 1. The molecule has 0 bridgehead atoms. The number of aryl methyl sites for hydroxylation is 2. The number of benzene rings is 2. The van der Waals surface area contributed by atoms with Gasteiger partial charge < -0.3 is 14.3 Å². The van der Waals surface area contributed by atoms with E-state index < -0.39 is 0 Å². The minimum absolute atomic E-state index is 0.295. The van der Waals surface area contributed by atoms with E-state index in [9.17, 15) is 4.79 Å². The minimum atomic E-state index is -0.305. The molecular weight excluding hydrogens is 444 g/mol. The van der Waals surface area contributed by atoms with E-state index in [4.69, 9.17) is 4.42 Å². The molecule has 0 fully saturated rings. The van der Waals surface area contributed by atoms with Crippen LogP contribution in [0.25, 0.3) is 22.4 Å². The molecule has 160 valence electrons. The number of fused-ring (bicyclic) bond motifs is 1. The van der Waals surface area contributed by atoms with Gasteiger partial charge in [0.25, 0.3) is 5.91 Å². The van der Waals surface area contributed by atoms with E-state index in [1.807, 2.05) is 67.1 Å². The number of hydrogen-bond acceptors (Lipinski definition) is 8. The van der Waals surface area contributed by atoms with Gasteiger partial charge in [-0.1, -0.05) is 53.4 Å². The highest BCUT2D eigenvalue weighted by Crippen LogP contribution is 2.33. The molecule has 2 aromatic carbocycles. The van der Waals surface area contributed by atoms with E-state index in [1.54, 1.807) is 18.1 Å². The number of aromatic nitrogens is 5. The predicted octanol–water partition coefficient (Wildman–Crippen LogP) is 4.93. The summed E-state index contributed by atoms with van der Waals surface area (Å²) < 4.78 is 8.65. The second-order valence-corrected chi connectivity index (χ2v) is 9.49. The van der Waals surface area contributed by atoms with Crippen molar-refractivity contribution >= 4 is 45.7 Å². The highest BCUT2D eigenvalue weighted by Gasteiger charge is 2.21. The van der Waals surface area contributed by atoms with Gasteiger partial charge in [-0.2, -0.15) is 0 Å². The zero-order valence-corrected chi connectivity index (χ0v) is 18.9. The number of carbonyl (C=O) groups is 1. The average Bonchev–Trinajstić information content (AvgIpc) is 3.50. The van der Waals surface area contributed by atoms with E-state index in [1.165, 1.54) is 11.3 Å². The molecule has 3 heterocycles. The van der Waals surface area contributed by atoms with Gasteiger partial charge in [-0.25, -0.2) is 0 Å². The molecule has 5 rings (SSSR count). The van der Waals surface area contributed by atoms with Crippen molar-refractivity contribution in [1.29, 1.82) is 0 Å². The summed E-state index contributed by atoms with van der Waals surface area (Å²) in [5.41, 5.74) is 3.01. The summed E-state index contributed by atoms with van der Waals surface area (Å²) in [6.45, 7) is 1.92. The fraction of sp³-hybridized carbons (Fsp3) is 0.136. The van der Waals surface area contributed by atoms with Gasteiger partial charge >= 0.3 is 0 Å². The van der Waals surface area contributed by atoms with E-state index in [-0.39, 0.29) is 5.91 Å². The maximum atomic E-state index is 13.2. The van der Waals surface area contributed by atoms with Crippen LogP contribution in [0.4, 0.5) is 5.69 Å². The normalized spacial score (nSPS) is 11.2. The predicted molar refractivity (Wildman–Crippen MR) is 125 cm³/mol. The van der Waals surface area contributed by atoms with Crippen LogP contribution in [-0.4, -0.2) is 30.9 Å². The number of hydrogen-bond donors (Lipinski definition) is 1. The number of rotatable bonds is 6. The Bertz CT molecular complexity index is 1420. The number of amides is 1. The zero-order valence-electron chi connectivity index (χ0n) is 17.3. The topological polar surface area (TPSA) is 98.7 Å². The third kappa shape index (κ3) is 4.02. The highest BCUT2D eigenvalue weighted by molar-refractivity contribution is 8.00. The number of furan rings is 1. The fourth-order valence-electron chi connectivity index (χ4n) is 3.36. The first-order chi connectivity index (χ1) is 15.6. The van der Waals surface area contributed by atoms with Gasteiger partial charge in [-0.3, -0.25) is 4.79 Å². The van der Waals surface area contributed by atoms with E-state index >= 15 is 0 Å². The van der Waals surface area contributed by atoms with Crippen LogP contribution >= 0.6 is 23.1 Å². The van der Waals surface area contributed by atoms with Gasteiger partial charge in [-0.05, 0) is 25.1 Å². The molecule has 32 heavy (non-hydrogen) atoms. The molecule has 8 nitrogen and oxygen atoms in total. The fourth-order valence-corrected chi connectivity index (χ4v) is 5.21. The van der Waals surface area contributed by atoms with Crippen molar-refractivity contribution < 1.29 is 9.21 Å². The molecule has 0 saturated carbocycles. The Kier molecular flexibility index (Phi) is 5.46. The Balaban J connectivity index is 1.44. The summed E-state index contributed by atoms with van der Waals surface area (Å²) in [6, 6.07) is 15.1. The molecule has 5 aromatic rings. The number of carbonyl (C=O) groups excluding carboxylic acids is 1. The molecule has 1 amide bonds. The molecule has 0 aliphatic rings. The monoisotopic (exact) mass is 462 g/mol. The van der Waals surface area contributed by atoms with Gasteiger partial charge in [-0.15, -0.1) is 20.4 Å². The molecule has 0 aliphatic carbocycles. The SMILES string of the molecule is Cc1nnc(SCc2c(C(=O)Nc3cccc(-c4nncn4C)c3)oc3ccccc23)s1. The molecule has 0 radical (unpaired) electrons. The lowest BCUT2D eigenvalue weighted by Gasteiger charge is -2.07. The Morgan fingerprint density at radius 3 is 2.81 bits per heavy atom. The Hall–Kier alpha value is -3.50. The smallest absolute Gasteiger partial charge is 0.291 e. The molecular formula is C22H18N6O2S2. The van der Waals surface area contributed by atoms with Crippen molar-refractivity contribution in [2.45, 2.75) is 17.0 Å². The maximum Gasteiger partial charge on any atom is 0.291 e. The van der Waals surface area contributed by atoms with Crippen molar-refractivity contribution in [3.8, 4) is 11.4 Å². The molecule has 1 N–H and O–H groups in total. The summed E-state index contributed by atoms with van der Waals surface area (Å²) in [5.74, 6) is 1.26. The van der Waals surface area contributed by atoms with Crippen LogP contribution in [0.3, 0.4) is 0 Å². The highest BCUT2D eigenvalue weighted by atomic mass is 32.2. The summed E-state index contributed by atoms with van der Waals surface area (Å²) in [7, 11) is 1.87. The van der Waals surface area contributed by atoms with Crippen LogP contribution in [0.5, 0.6) is 0 Å². The number of thioether (sulfide) groups is 1. The summed E-state index contributed by atoms with van der Waals surface area (Å²) in [5, 5.41) is 21.1. The molecule has 0 aliphatic heterocycles. The largest absolute Gasteiger partial charge is 0.451 e. The second kappa shape index (κ2) is 8.56. The van der Waals surface area contributed by atoms with Crippen LogP contribution < -0.4 is 5.32 Å². The quantitative estimate of drug-likeness (QED) is 0.357. The third-order valence-electron chi connectivity index (χ3n) is 4.84. The minimum Gasteiger partial charge on any atom is -0.451 e. The first-order valence-corrected chi connectivity index (χ1v) is 11.6. The van der Waals surface area contributed by atoms with Crippen molar-refractivity contribution in [2.24, 2.45) is 7.05 Å². The van der Waals surface area contributed by atoms with Gasteiger partial charge in [0.05, 0.1) is 0 Å². The molecule has 10 heteroatoms. The molecule has 0 atom stereocenters.